The molecule has 0 spiro atoms. The minimum absolute atomic E-state index is 0.745. The normalized spacial score (nSPS) is 8.69. The van der Waals surface area contributed by atoms with Gasteiger partial charge in [-0.3, -0.25) is 0 Å². The molecule has 0 aliphatic rings. The molecule has 13 heavy (non-hydrogen) atoms. The molecule has 0 aliphatic heterocycles. The first-order valence-electron chi connectivity index (χ1n) is 4.22. The Kier molecular flexibility index (Phi) is 8.72. The van der Waals surface area contributed by atoms with Gasteiger partial charge in [0.15, 0.2) is 12.5 Å². The van der Waals surface area contributed by atoms with E-state index in [9.17, 15) is 0 Å². The predicted molar refractivity (Wildman–Crippen MR) is 54.5 cm³/mol. The Bertz CT molecular complexity index is 201. The van der Waals surface area contributed by atoms with Crippen molar-refractivity contribution in [1.29, 1.82) is 0 Å². The summed E-state index contributed by atoms with van der Waals surface area (Å²) in [6.07, 6.45) is 1.09. The van der Waals surface area contributed by atoms with Crippen LogP contribution in [0.4, 0.5) is 0 Å². The van der Waals surface area contributed by atoms with E-state index in [1.165, 1.54) is 5.56 Å². The molecule has 1 aromatic rings. The predicted octanol–water partition coefficient (Wildman–Crippen LogP) is 2.28. The van der Waals surface area contributed by atoms with Crippen molar-refractivity contribution in [1.82, 2.24) is 0 Å². The van der Waals surface area contributed by atoms with Crippen LogP contribution in [0, 0.1) is 0 Å². The topological polar surface area (TPSA) is 26.3 Å². The molecule has 0 amide bonds. The second-order valence-corrected chi connectivity index (χ2v) is 2.54. The molecule has 0 fully saturated rings. The summed E-state index contributed by atoms with van der Waals surface area (Å²) < 4.78 is 13.2. The van der Waals surface area contributed by atoms with Crippen molar-refractivity contribution >= 4 is 12.5 Å². The summed E-state index contributed by atoms with van der Waals surface area (Å²) in [4.78, 5) is 0. The zero-order valence-corrected chi connectivity index (χ0v) is 8.55. The summed E-state index contributed by atoms with van der Waals surface area (Å²) in [5.41, 5.74) is 1.25. The number of ether oxygens (including phenoxy) is 1. The molecular formula is C10H14O2S. The van der Waals surface area contributed by atoms with Crippen LogP contribution < -0.4 is 0 Å². The van der Waals surface area contributed by atoms with Gasteiger partial charge >= 0.3 is 0 Å². The molecule has 0 saturated heterocycles. The molecule has 72 valence electrons. The maximum absolute atomic E-state index is 7.83. The molecule has 0 bridgehead atoms. The molecule has 0 radical (unpaired) electrons. The van der Waals surface area contributed by atoms with Crippen molar-refractivity contribution in [2.24, 2.45) is 0 Å². The average molecular weight is 198 g/mol. The summed E-state index contributed by atoms with van der Waals surface area (Å²) in [7, 11) is 0. The standard InChI is InChI=1S/C10H14O.OS/c1-2-8-11-9-10-6-4-3-5-7-10;1-2/h3-7H,2,8-9H2,1H3;. The molecule has 0 atom stereocenters. The maximum Gasteiger partial charge on any atom is 0.197 e. The second kappa shape index (κ2) is 9.29. The third-order valence-corrected chi connectivity index (χ3v) is 1.46. The number of hydrogen-bond acceptors (Lipinski definition) is 3. The fraction of sp³-hybridized carbons (Fsp3) is 0.400. The monoisotopic (exact) mass is 198 g/mol. The van der Waals surface area contributed by atoms with Gasteiger partial charge in [-0.15, -0.1) is 0 Å². The Morgan fingerprint density at radius 2 is 1.85 bits per heavy atom. The molecule has 0 saturated carbocycles. The minimum Gasteiger partial charge on any atom is -0.377 e. The Morgan fingerprint density at radius 1 is 1.23 bits per heavy atom. The highest BCUT2D eigenvalue weighted by atomic mass is 32.1. The molecule has 1 rings (SSSR count). The lowest BCUT2D eigenvalue weighted by Gasteiger charge is -2.00. The summed E-state index contributed by atoms with van der Waals surface area (Å²) in [5.74, 6) is 0. The van der Waals surface area contributed by atoms with E-state index >= 15 is 0 Å². The van der Waals surface area contributed by atoms with Gasteiger partial charge in [0, 0.05) is 6.61 Å². The Morgan fingerprint density at radius 3 is 2.38 bits per heavy atom. The van der Waals surface area contributed by atoms with Crippen LogP contribution in [0.25, 0.3) is 0 Å². The summed E-state index contributed by atoms with van der Waals surface area (Å²) in [5, 5.41) is 0. The third-order valence-electron chi connectivity index (χ3n) is 1.46. The van der Waals surface area contributed by atoms with Gasteiger partial charge < -0.3 is 4.74 Å². The molecule has 0 aromatic heterocycles. The Labute approximate surface area is 84.4 Å². The van der Waals surface area contributed by atoms with Crippen molar-refractivity contribution in [2.45, 2.75) is 20.0 Å². The van der Waals surface area contributed by atoms with E-state index in [-0.39, 0.29) is 0 Å². The van der Waals surface area contributed by atoms with Crippen molar-refractivity contribution in [3.05, 3.63) is 35.9 Å². The van der Waals surface area contributed by atoms with Crippen LogP contribution >= 0.6 is 0 Å². The third kappa shape index (κ3) is 6.37. The van der Waals surface area contributed by atoms with Crippen LogP contribution in [-0.4, -0.2) is 10.8 Å². The first-order chi connectivity index (χ1) is 6.43. The second-order valence-electron chi connectivity index (χ2n) is 2.54. The van der Waals surface area contributed by atoms with Gasteiger partial charge in [0.05, 0.1) is 6.61 Å². The first-order valence-corrected chi connectivity index (χ1v) is 4.55. The molecule has 2 nitrogen and oxygen atoms in total. The largest absolute Gasteiger partial charge is 0.377 e. The fourth-order valence-corrected chi connectivity index (χ4v) is 0.909. The quantitative estimate of drug-likeness (QED) is 0.694. The molecular weight excluding hydrogens is 184 g/mol. The van der Waals surface area contributed by atoms with Crippen LogP contribution in [-0.2, 0) is 23.9 Å². The smallest absolute Gasteiger partial charge is 0.197 e. The zero-order valence-electron chi connectivity index (χ0n) is 7.73. The maximum atomic E-state index is 7.83. The lowest BCUT2D eigenvalue weighted by Crippen LogP contribution is -1.92. The summed E-state index contributed by atoms with van der Waals surface area (Å²) in [6, 6.07) is 10.2. The average Bonchev–Trinajstić information content (AvgIpc) is 2.23. The van der Waals surface area contributed by atoms with Crippen molar-refractivity contribution in [3.63, 3.8) is 0 Å². The van der Waals surface area contributed by atoms with Gasteiger partial charge in [-0.2, -0.15) is 4.21 Å². The lowest BCUT2D eigenvalue weighted by molar-refractivity contribution is 0.121. The van der Waals surface area contributed by atoms with Gasteiger partial charge in [-0.1, -0.05) is 37.3 Å². The van der Waals surface area contributed by atoms with Crippen molar-refractivity contribution < 1.29 is 8.95 Å². The first kappa shape index (κ1) is 12.2. The Hall–Kier alpha value is -0.800. The van der Waals surface area contributed by atoms with Gasteiger partial charge in [-0.25, -0.2) is 0 Å². The highest BCUT2D eigenvalue weighted by Crippen LogP contribution is 2.00. The van der Waals surface area contributed by atoms with Crippen LogP contribution in [0.3, 0.4) is 0 Å². The Balaban J connectivity index is 0.000000671. The number of benzene rings is 1. The van der Waals surface area contributed by atoms with E-state index in [0.717, 1.165) is 19.6 Å². The van der Waals surface area contributed by atoms with Gasteiger partial charge in [0.25, 0.3) is 0 Å². The molecule has 0 N–H and O–H groups in total. The van der Waals surface area contributed by atoms with Gasteiger partial charge in [-0.05, 0) is 12.0 Å². The van der Waals surface area contributed by atoms with Crippen LogP contribution in [0.5, 0.6) is 0 Å². The number of hydrogen-bond donors (Lipinski definition) is 0. The highest BCUT2D eigenvalue weighted by molar-refractivity contribution is 7.44. The molecule has 1 aromatic carbocycles. The lowest BCUT2D eigenvalue weighted by atomic mass is 10.2. The van der Waals surface area contributed by atoms with Crippen LogP contribution in [0.1, 0.15) is 18.9 Å². The van der Waals surface area contributed by atoms with E-state index < -0.39 is 0 Å². The van der Waals surface area contributed by atoms with Gasteiger partial charge in [0.1, 0.15) is 0 Å². The van der Waals surface area contributed by atoms with E-state index in [4.69, 9.17) is 8.95 Å². The van der Waals surface area contributed by atoms with Gasteiger partial charge in [0.2, 0.25) is 0 Å². The van der Waals surface area contributed by atoms with E-state index in [0.29, 0.717) is 0 Å². The number of rotatable bonds is 4. The zero-order chi connectivity index (χ0) is 9.94. The summed E-state index contributed by atoms with van der Waals surface area (Å²) in [6.45, 7) is 3.72. The van der Waals surface area contributed by atoms with E-state index in [1.807, 2.05) is 18.2 Å². The van der Waals surface area contributed by atoms with Crippen LogP contribution in [0.2, 0.25) is 0 Å². The summed E-state index contributed by atoms with van der Waals surface area (Å²) >= 11 is 2.83. The fourth-order valence-electron chi connectivity index (χ4n) is 0.909. The highest BCUT2D eigenvalue weighted by Gasteiger charge is 1.88. The van der Waals surface area contributed by atoms with E-state index in [2.05, 4.69) is 31.6 Å². The molecule has 3 heteroatoms. The van der Waals surface area contributed by atoms with E-state index in [1.54, 1.807) is 0 Å². The molecule has 0 aliphatic carbocycles. The minimum atomic E-state index is 0.745. The van der Waals surface area contributed by atoms with Crippen molar-refractivity contribution in [3.8, 4) is 0 Å². The van der Waals surface area contributed by atoms with Crippen molar-refractivity contribution in [2.75, 3.05) is 6.61 Å². The molecule has 0 heterocycles. The van der Waals surface area contributed by atoms with Crippen LogP contribution in [0.15, 0.2) is 30.3 Å². The molecule has 0 unspecified atom stereocenters. The SMILES string of the molecule is CCCOCc1ccccc1.O=S.